The number of halogens is 1. The van der Waals surface area contributed by atoms with Gasteiger partial charge in [0.2, 0.25) is 5.91 Å². The maximum Gasteiger partial charge on any atom is 0.347 e. The predicted molar refractivity (Wildman–Crippen MR) is 144 cm³/mol. The molecule has 2 aromatic carbocycles. The third-order valence-electron chi connectivity index (χ3n) is 5.95. The minimum Gasteiger partial charge on any atom is -0.462 e. The number of fused-ring (bicyclic) bond motifs is 1. The minimum absolute atomic E-state index is 0.000610. The van der Waals surface area contributed by atoms with Gasteiger partial charge in [-0.15, -0.1) is 0 Å². The van der Waals surface area contributed by atoms with Gasteiger partial charge in [0.05, 0.1) is 17.7 Å². The van der Waals surface area contributed by atoms with Crippen molar-refractivity contribution in [2.75, 3.05) is 25.6 Å². The van der Waals surface area contributed by atoms with Crippen molar-refractivity contribution in [3.8, 4) is 5.75 Å². The third kappa shape index (κ3) is 6.05. The smallest absolute Gasteiger partial charge is 0.347 e. The Kier molecular flexibility index (Phi) is 8.65. The monoisotopic (exact) mass is 547 g/mol. The van der Waals surface area contributed by atoms with Gasteiger partial charge in [-0.05, 0) is 48.4 Å². The van der Waals surface area contributed by atoms with Gasteiger partial charge in [-0.1, -0.05) is 24.3 Å². The fraction of sp³-hybridized carbons (Fsp3) is 0.207. The predicted octanol–water partition coefficient (Wildman–Crippen LogP) is 3.64. The molecule has 0 saturated carbocycles. The molecule has 0 atom stereocenters. The summed E-state index contributed by atoms with van der Waals surface area (Å²) < 4.78 is 30.6. The number of amides is 1. The fourth-order valence-corrected chi connectivity index (χ4v) is 4.08. The van der Waals surface area contributed by atoms with E-state index in [1.807, 2.05) is 0 Å². The van der Waals surface area contributed by atoms with E-state index in [0.29, 0.717) is 11.1 Å². The van der Waals surface area contributed by atoms with Crippen molar-refractivity contribution in [2.45, 2.75) is 13.3 Å². The molecular weight excluding hydrogens is 521 g/mol. The molecule has 11 heteroatoms. The Bertz CT molecular complexity index is 1650. The summed E-state index contributed by atoms with van der Waals surface area (Å²) in [5.41, 5.74) is 0.812. The molecule has 4 aromatic rings. The van der Waals surface area contributed by atoms with E-state index in [9.17, 15) is 23.6 Å². The molecule has 0 bridgehead atoms. The molecule has 0 aliphatic rings. The van der Waals surface area contributed by atoms with Crippen LogP contribution in [-0.4, -0.2) is 47.7 Å². The average Bonchev–Trinajstić information content (AvgIpc) is 2.93. The number of rotatable bonds is 9. The van der Waals surface area contributed by atoms with Crippen molar-refractivity contribution in [1.82, 2.24) is 9.55 Å². The Labute approximate surface area is 228 Å². The van der Waals surface area contributed by atoms with Gasteiger partial charge in [0.1, 0.15) is 17.9 Å². The van der Waals surface area contributed by atoms with Gasteiger partial charge < -0.3 is 24.1 Å². The topological polar surface area (TPSA) is 126 Å². The second kappa shape index (κ2) is 12.3. The van der Waals surface area contributed by atoms with E-state index < -0.39 is 34.8 Å². The zero-order chi connectivity index (χ0) is 28.8. The van der Waals surface area contributed by atoms with Crippen molar-refractivity contribution >= 4 is 34.6 Å². The number of ether oxygens (including phenoxy) is 3. The van der Waals surface area contributed by atoms with E-state index in [1.54, 1.807) is 31.2 Å². The Morgan fingerprint density at radius 3 is 2.50 bits per heavy atom. The van der Waals surface area contributed by atoms with Crippen LogP contribution in [0.3, 0.4) is 0 Å². The number of hydrogen-bond donors (Lipinski definition) is 1. The zero-order valence-corrected chi connectivity index (χ0v) is 22.0. The van der Waals surface area contributed by atoms with E-state index in [1.165, 1.54) is 55.3 Å². The average molecular weight is 548 g/mol. The molecule has 1 amide bonds. The Morgan fingerprint density at radius 2 is 1.80 bits per heavy atom. The van der Waals surface area contributed by atoms with Crippen LogP contribution in [-0.2, 0) is 27.7 Å². The maximum atomic E-state index is 13.9. The Morgan fingerprint density at radius 1 is 1.05 bits per heavy atom. The summed E-state index contributed by atoms with van der Waals surface area (Å²) >= 11 is 0. The standard InChI is InChI=1S/C29H26FN3O7/c1-4-39-29(37)24-26(40-28(36)18-8-6-5-7-9-18)25-22(33(2)27(24)35)13-17(15-31-25)12-19-10-11-20(30)14-21(19)32-23(34)16-38-3/h5-11,13-15H,4,12,16H2,1-3H3,(H,32,34). The molecule has 40 heavy (non-hydrogen) atoms. The lowest BCUT2D eigenvalue weighted by Crippen LogP contribution is -2.28. The fourth-order valence-electron chi connectivity index (χ4n) is 4.08. The molecule has 0 radical (unpaired) electrons. The van der Waals surface area contributed by atoms with Crippen LogP contribution in [0.15, 0.2) is 65.6 Å². The van der Waals surface area contributed by atoms with Crippen molar-refractivity contribution in [3.63, 3.8) is 0 Å². The molecule has 0 fully saturated rings. The lowest BCUT2D eigenvalue weighted by atomic mass is 10.0. The van der Waals surface area contributed by atoms with Crippen LogP contribution >= 0.6 is 0 Å². The normalized spacial score (nSPS) is 10.8. The van der Waals surface area contributed by atoms with Gasteiger partial charge >= 0.3 is 11.9 Å². The molecular formula is C29H26FN3O7. The van der Waals surface area contributed by atoms with Crippen LogP contribution < -0.4 is 15.6 Å². The van der Waals surface area contributed by atoms with Crippen LogP contribution in [0.2, 0.25) is 0 Å². The first-order valence-electron chi connectivity index (χ1n) is 12.3. The Hall–Kier alpha value is -4.90. The van der Waals surface area contributed by atoms with Crippen LogP contribution in [0.1, 0.15) is 38.8 Å². The molecule has 206 valence electrons. The highest BCUT2D eigenvalue weighted by Gasteiger charge is 2.27. The van der Waals surface area contributed by atoms with Gasteiger partial charge in [-0.3, -0.25) is 14.6 Å². The van der Waals surface area contributed by atoms with Gasteiger partial charge in [0, 0.05) is 32.5 Å². The van der Waals surface area contributed by atoms with Crippen LogP contribution in [0.5, 0.6) is 5.75 Å². The number of carbonyl (C=O) groups excluding carboxylic acids is 3. The molecule has 2 aromatic heterocycles. The Balaban J connectivity index is 1.81. The maximum absolute atomic E-state index is 13.9. The van der Waals surface area contributed by atoms with Crippen LogP contribution in [0.25, 0.3) is 11.0 Å². The van der Waals surface area contributed by atoms with Crippen molar-refractivity contribution in [3.05, 3.63) is 99.2 Å². The number of hydrogen-bond acceptors (Lipinski definition) is 8. The molecule has 0 saturated heterocycles. The zero-order valence-electron chi connectivity index (χ0n) is 22.0. The van der Waals surface area contributed by atoms with Crippen molar-refractivity contribution < 1.29 is 33.0 Å². The van der Waals surface area contributed by atoms with Gasteiger partial charge in [-0.25, -0.2) is 14.0 Å². The summed E-state index contributed by atoms with van der Waals surface area (Å²) in [5, 5.41) is 2.62. The minimum atomic E-state index is -0.950. The molecule has 0 unspecified atom stereocenters. The molecule has 1 N–H and O–H groups in total. The number of anilines is 1. The number of carbonyl (C=O) groups is 3. The van der Waals surface area contributed by atoms with Crippen LogP contribution in [0, 0.1) is 5.82 Å². The summed E-state index contributed by atoms with van der Waals surface area (Å²) in [6, 6.07) is 13.7. The summed E-state index contributed by atoms with van der Waals surface area (Å²) in [4.78, 5) is 55.5. The summed E-state index contributed by atoms with van der Waals surface area (Å²) in [7, 11) is 2.83. The number of aryl methyl sites for hydroxylation is 1. The highest BCUT2D eigenvalue weighted by Crippen LogP contribution is 2.29. The lowest BCUT2D eigenvalue weighted by Gasteiger charge is -2.16. The van der Waals surface area contributed by atoms with E-state index >= 15 is 0 Å². The van der Waals surface area contributed by atoms with E-state index in [2.05, 4.69) is 10.3 Å². The van der Waals surface area contributed by atoms with E-state index in [4.69, 9.17) is 14.2 Å². The number of esters is 2. The highest BCUT2D eigenvalue weighted by molar-refractivity contribution is 6.01. The van der Waals surface area contributed by atoms with E-state index in [-0.39, 0.29) is 47.7 Å². The van der Waals surface area contributed by atoms with Gasteiger partial charge in [0.15, 0.2) is 11.3 Å². The molecule has 2 heterocycles. The van der Waals surface area contributed by atoms with Crippen molar-refractivity contribution in [1.29, 1.82) is 0 Å². The van der Waals surface area contributed by atoms with Gasteiger partial charge in [0.25, 0.3) is 5.56 Å². The number of nitrogens with one attached hydrogen (secondary N) is 1. The van der Waals surface area contributed by atoms with Gasteiger partial charge in [-0.2, -0.15) is 0 Å². The quantitative estimate of drug-likeness (QED) is 0.315. The molecule has 0 aliphatic carbocycles. The third-order valence-corrected chi connectivity index (χ3v) is 5.95. The summed E-state index contributed by atoms with van der Waals surface area (Å²) in [5.74, 6) is -3.04. The number of aromatic nitrogens is 2. The highest BCUT2D eigenvalue weighted by atomic mass is 19.1. The van der Waals surface area contributed by atoms with E-state index in [0.717, 1.165) is 0 Å². The second-order valence-corrected chi connectivity index (χ2v) is 8.72. The number of benzene rings is 2. The molecule has 4 rings (SSSR count). The molecule has 0 spiro atoms. The first-order chi connectivity index (χ1) is 19.2. The number of nitrogens with zero attached hydrogens (tertiary/aromatic N) is 2. The summed E-state index contributed by atoms with van der Waals surface area (Å²) in [6.07, 6.45) is 1.68. The lowest BCUT2D eigenvalue weighted by molar-refractivity contribution is -0.119. The van der Waals surface area contributed by atoms with Crippen LogP contribution in [0.4, 0.5) is 10.1 Å². The number of pyridine rings is 2. The molecule has 0 aliphatic heterocycles. The SMILES string of the molecule is CCOC(=O)c1c(OC(=O)c2ccccc2)c2ncc(Cc3ccc(F)cc3NC(=O)COC)cc2n(C)c1=O. The second-order valence-electron chi connectivity index (χ2n) is 8.72. The first-order valence-corrected chi connectivity index (χ1v) is 12.3. The largest absolute Gasteiger partial charge is 0.462 e. The van der Waals surface area contributed by atoms with Crippen molar-refractivity contribution in [2.24, 2.45) is 7.05 Å². The number of methoxy groups -OCH3 is 1. The summed E-state index contributed by atoms with van der Waals surface area (Å²) in [6.45, 7) is 1.38. The molecule has 10 nitrogen and oxygen atoms in total. The first kappa shape index (κ1) is 28.1.